The van der Waals surface area contributed by atoms with Gasteiger partial charge in [0.1, 0.15) is 0 Å². The molecular formula is C38H42N2O4S2. The van der Waals surface area contributed by atoms with Gasteiger partial charge in [-0.25, -0.2) is 0 Å². The van der Waals surface area contributed by atoms with E-state index in [-0.39, 0.29) is 23.6 Å². The Bertz CT molecular complexity index is 1630. The monoisotopic (exact) mass is 654 g/mol. The number of carbonyl (C=O) groups is 4. The van der Waals surface area contributed by atoms with Crippen LogP contribution in [0.5, 0.6) is 0 Å². The van der Waals surface area contributed by atoms with Crippen LogP contribution in [0.15, 0.2) is 47.2 Å². The molecule has 46 heavy (non-hydrogen) atoms. The summed E-state index contributed by atoms with van der Waals surface area (Å²) in [7, 11) is 0. The molecule has 2 aromatic carbocycles. The van der Waals surface area contributed by atoms with E-state index < -0.39 is 0 Å². The zero-order valence-electron chi connectivity index (χ0n) is 26.9. The van der Waals surface area contributed by atoms with E-state index in [1.54, 1.807) is 0 Å². The van der Waals surface area contributed by atoms with Crippen molar-refractivity contribution in [2.75, 3.05) is 13.1 Å². The highest BCUT2D eigenvalue weighted by molar-refractivity contribution is 7.14. The molecule has 0 spiro atoms. The highest BCUT2D eigenvalue weighted by atomic mass is 32.1. The largest absolute Gasteiger partial charge is 0.274 e. The van der Waals surface area contributed by atoms with Crippen LogP contribution in [0.1, 0.15) is 132 Å². The first kappa shape index (κ1) is 32.3. The van der Waals surface area contributed by atoms with Gasteiger partial charge < -0.3 is 0 Å². The van der Waals surface area contributed by atoms with Crippen molar-refractivity contribution in [2.45, 2.75) is 90.9 Å². The van der Waals surface area contributed by atoms with Crippen molar-refractivity contribution in [3.63, 3.8) is 0 Å². The number of benzene rings is 2. The number of nitrogens with zero attached hydrogens (tertiary/aromatic N) is 2. The van der Waals surface area contributed by atoms with Crippen LogP contribution >= 0.6 is 22.7 Å². The Morgan fingerprint density at radius 1 is 0.500 bits per heavy atom. The summed E-state index contributed by atoms with van der Waals surface area (Å²) < 4.78 is 0. The molecule has 0 radical (unpaired) electrons. The first-order valence-corrected chi connectivity index (χ1v) is 18.7. The maximum absolute atomic E-state index is 14.3. The van der Waals surface area contributed by atoms with Gasteiger partial charge >= 0.3 is 0 Å². The molecule has 0 fully saturated rings. The van der Waals surface area contributed by atoms with Gasteiger partial charge in [0.05, 0.1) is 11.1 Å². The third-order valence-electron chi connectivity index (χ3n) is 9.32. The van der Waals surface area contributed by atoms with Gasteiger partial charge in [0, 0.05) is 55.9 Å². The number of carbonyl (C=O) groups excluding carboxylic acids is 4. The molecule has 0 bridgehead atoms. The van der Waals surface area contributed by atoms with Crippen LogP contribution in [0.4, 0.5) is 0 Å². The lowest BCUT2D eigenvalue weighted by atomic mass is 9.80. The molecule has 0 N–H and O–H groups in total. The number of thiophene rings is 2. The van der Waals surface area contributed by atoms with Gasteiger partial charge in [0.25, 0.3) is 23.6 Å². The van der Waals surface area contributed by atoms with Crippen LogP contribution in [0.3, 0.4) is 0 Å². The molecule has 6 nitrogen and oxygen atoms in total. The number of rotatable bonds is 16. The second-order valence-electron chi connectivity index (χ2n) is 12.5. The fraction of sp³-hybridized carbons (Fsp3) is 0.421. The summed E-state index contributed by atoms with van der Waals surface area (Å²) in [6.45, 7) is 5.05. The number of hydrogen-bond donors (Lipinski definition) is 0. The van der Waals surface area contributed by atoms with Gasteiger partial charge in [0.15, 0.2) is 0 Å². The number of unbranched alkanes of at least 4 members (excludes halogenated alkanes) is 10. The van der Waals surface area contributed by atoms with Crippen molar-refractivity contribution in [1.29, 1.82) is 0 Å². The number of hydrogen-bond acceptors (Lipinski definition) is 6. The third kappa shape index (κ3) is 5.97. The minimum Gasteiger partial charge on any atom is -0.274 e. The van der Waals surface area contributed by atoms with Crippen LogP contribution in [0.25, 0.3) is 31.7 Å². The Hall–Kier alpha value is -3.62. The highest BCUT2D eigenvalue weighted by Gasteiger charge is 2.43. The van der Waals surface area contributed by atoms with Crippen molar-refractivity contribution in [3.05, 3.63) is 69.4 Å². The second kappa shape index (κ2) is 14.4. The van der Waals surface area contributed by atoms with E-state index >= 15 is 0 Å². The lowest BCUT2D eigenvalue weighted by Crippen LogP contribution is -2.44. The smallest absolute Gasteiger partial charge is 0.262 e. The van der Waals surface area contributed by atoms with Crippen LogP contribution in [-0.4, -0.2) is 46.5 Å². The lowest BCUT2D eigenvalue weighted by Gasteiger charge is -2.34. The van der Waals surface area contributed by atoms with E-state index in [4.69, 9.17) is 0 Å². The molecular weight excluding hydrogens is 613 g/mol. The van der Waals surface area contributed by atoms with Gasteiger partial charge in [-0.05, 0) is 47.9 Å². The standard InChI is InChI=1S/C38H42N2O4S2/c1-3-5-7-9-11-13-19-39-35(41)27-23-26(30-18-16-22-46-30)34-32-28(36(42)40(38(34)44)20-14-12-10-8-6-4-2)24-25(29-17-15-21-45-29)33(31(27)32)37(39)43/h15-18,21-24H,3-14,19-20H2,1-2H3. The lowest BCUT2D eigenvalue weighted by molar-refractivity contribution is 0.0587. The van der Waals surface area contributed by atoms with E-state index in [1.165, 1.54) is 45.3 Å². The van der Waals surface area contributed by atoms with Gasteiger partial charge in [-0.1, -0.05) is 90.2 Å². The first-order chi connectivity index (χ1) is 22.5. The summed E-state index contributed by atoms with van der Waals surface area (Å²) in [4.78, 5) is 61.7. The Morgan fingerprint density at radius 2 is 0.891 bits per heavy atom. The summed E-state index contributed by atoms with van der Waals surface area (Å²) in [5.74, 6) is -1.38. The van der Waals surface area contributed by atoms with Gasteiger partial charge in [0.2, 0.25) is 0 Å². The average molecular weight is 655 g/mol. The minimum absolute atomic E-state index is 0.342. The quantitative estimate of drug-likeness (QED) is 0.0890. The average Bonchev–Trinajstić information content (AvgIpc) is 3.80. The molecule has 4 amide bonds. The predicted octanol–water partition coefficient (Wildman–Crippen LogP) is 10.2. The van der Waals surface area contributed by atoms with Crippen LogP contribution in [0.2, 0.25) is 0 Å². The summed E-state index contributed by atoms with van der Waals surface area (Å²) in [6.07, 6.45) is 12.5. The molecule has 2 aliphatic rings. The summed E-state index contributed by atoms with van der Waals surface area (Å²) in [5.41, 5.74) is 2.94. The van der Waals surface area contributed by atoms with E-state index in [0.717, 1.165) is 74.0 Å². The normalized spacial score (nSPS) is 14.3. The molecule has 0 aliphatic carbocycles. The number of imide groups is 2. The summed E-state index contributed by atoms with van der Waals surface area (Å²) >= 11 is 3.00. The Morgan fingerprint density at radius 3 is 1.26 bits per heavy atom. The van der Waals surface area contributed by atoms with Crippen molar-refractivity contribution >= 4 is 57.1 Å². The molecule has 0 unspecified atom stereocenters. The highest BCUT2D eigenvalue weighted by Crippen LogP contribution is 2.47. The second-order valence-corrected chi connectivity index (χ2v) is 14.4. The molecule has 4 aromatic rings. The maximum atomic E-state index is 14.3. The van der Waals surface area contributed by atoms with Crippen molar-refractivity contribution in [1.82, 2.24) is 9.80 Å². The third-order valence-corrected chi connectivity index (χ3v) is 11.1. The molecule has 240 valence electrons. The van der Waals surface area contributed by atoms with E-state index in [2.05, 4.69) is 13.8 Å². The van der Waals surface area contributed by atoms with Crippen LogP contribution < -0.4 is 0 Å². The zero-order chi connectivity index (χ0) is 32.2. The van der Waals surface area contributed by atoms with E-state index in [0.29, 0.717) is 57.2 Å². The molecule has 0 saturated heterocycles. The van der Waals surface area contributed by atoms with E-state index in [9.17, 15) is 19.2 Å². The van der Waals surface area contributed by atoms with Crippen LogP contribution in [0, 0.1) is 0 Å². The Labute approximate surface area is 279 Å². The molecule has 6 rings (SSSR count). The Kier molecular flexibility index (Phi) is 10.1. The molecule has 2 aliphatic heterocycles. The molecule has 0 saturated carbocycles. The van der Waals surface area contributed by atoms with Gasteiger partial charge in [-0.3, -0.25) is 29.0 Å². The van der Waals surface area contributed by atoms with E-state index in [1.807, 2.05) is 47.2 Å². The first-order valence-electron chi connectivity index (χ1n) is 17.0. The summed E-state index contributed by atoms with van der Waals surface area (Å²) in [5, 5.41) is 4.80. The molecule has 2 aromatic heterocycles. The molecule has 4 heterocycles. The SMILES string of the molecule is CCCCCCCCN1C(=O)c2cc(-c3cccs3)c3c4c(cc(-c5cccs5)c(c24)C1=O)C(=O)N(CCCCCCCC)C3=O. The number of amides is 4. The minimum atomic E-state index is -0.348. The van der Waals surface area contributed by atoms with Crippen LogP contribution in [-0.2, 0) is 0 Å². The van der Waals surface area contributed by atoms with Gasteiger partial charge in [-0.15, -0.1) is 22.7 Å². The summed E-state index contributed by atoms with van der Waals surface area (Å²) in [6, 6.07) is 11.4. The molecule has 8 heteroatoms. The Balaban J connectivity index is 1.48. The fourth-order valence-electron chi connectivity index (χ4n) is 6.92. The van der Waals surface area contributed by atoms with Crippen molar-refractivity contribution in [3.8, 4) is 20.9 Å². The maximum Gasteiger partial charge on any atom is 0.262 e. The predicted molar refractivity (Wildman–Crippen MR) is 188 cm³/mol. The zero-order valence-corrected chi connectivity index (χ0v) is 28.5. The van der Waals surface area contributed by atoms with Crippen molar-refractivity contribution in [2.24, 2.45) is 0 Å². The fourth-order valence-corrected chi connectivity index (χ4v) is 8.42. The topological polar surface area (TPSA) is 74.8 Å². The van der Waals surface area contributed by atoms with Crippen molar-refractivity contribution < 1.29 is 19.2 Å². The van der Waals surface area contributed by atoms with Gasteiger partial charge in [-0.2, -0.15) is 0 Å². The molecule has 0 atom stereocenters.